The van der Waals surface area contributed by atoms with Gasteiger partial charge >= 0.3 is 0 Å². The van der Waals surface area contributed by atoms with E-state index in [1.165, 1.54) is 47.1 Å². The van der Waals surface area contributed by atoms with Gasteiger partial charge in [-0.3, -0.25) is 0 Å². The predicted octanol–water partition coefficient (Wildman–Crippen LogP) is 3.52. The Morgan fingerprint density at radius 1 is 1.04 bits per heavy atom. The van der Waals surface area contributed by atoms with E-state index in [9.17, 15) is 0 Å². The van der Waals surface area contributed by atoms with Crippen LogP contribution in [0.25, 0.3) is 0 Å². The summed E-state index contributed by atoms with van der Waals surface area (Å²) in [6, 6.07) is 12.8. The van der Waals surface area contributed by atoms with Crippen LogP contribution in [0.15, 0.2) is 41.4 Å². The van der Waals surface area contributed by atoms with Crippen LogP contribution in [0.1, 0.15) is 40.7 Å². The quantitative estimate of drug-likeness (QED) is 0.672. The Balaban J connectivity index is 1.46. The maximum absolute atomic E-state index is 6.11. The third-order valence-corrected chi connectivity index (χ3v) is 4.88. The molecule has 4 rings (SSSR count). The van der Waals surface area contributed by atoms with Crippen molar-refractivity contribution in [3.05, 3.63) is 64.2 Å². The monoisotopic (exact) mass is 321 g/mol. The van der Waals surface area contributed by atoms with E-state index in [2.05, 4.69) is 46.7 Å². The summed E-state index contributed by atoms with van der Waals surface area (Å²) in [6.07, 6.45) is 4.82. The Hall–Kier alpha value is -2.33. The van der Waals surface area contributed by atoms with Gasteiger partial charge in [0.2, 0.25) is 0 Å². The van der Waals surface area contributed by atoms with Crippen LogP contribution in [0.2, 0.25) is 0 Å². The van der Waals surface area contributed by atoms with Crippen LogP contribution in [-0.2, 0) is 37.3 Å². The molecule has 4 heteroatoms. The molecule has 0 radical (unpaired) electrons. The number of rotatable bonds is 3. The van der Waals surface area contributed by atoms with E-state index in [1.807, 2.05) is 0 Å². The lowest BCUT2D eigenvalue weighted by Crippen LogP contribution is -2.24. The Morgan fingerprint density at radius 2 is 1.92 bits per heavy atom. The molecule has 1 heterocycles. The van der Waals surface area contributed by atoms with Gasteiger partial charge in [0.1, 0.15) is 0 Å². The number of aryl methyl sites for hydroxylation is 1. The van der Waals surface area contributed by atoms with Gasteiger partial charge in [0, 0.05) is 5.69 Å². The fourth-order valence-electron chi connectivity index (χ4n) is 3.58. The number of benzene rings is 2. The Kier molecular flexibility index (Phi) is 4.22. The van der Waals surface area contributed by atoms with Crippen molar-refractivity contribution in [3.8, 4) is 0 Å². The average Bonchev–Trinajstić information content (AvgIpc) is 3.08. The van der Waals surface area contributed by atoms with Crippen LogP contribution in [0.5, 0.6) is 0 Å². The molecule has 0 bridgehead atoms. The second kappa shape index (κ2) is 6.65. The summed E-state index contributed by atoms with van der Waals surface area (Å²) in [5.74, 6) is 0.478. The molecule has 1 aliphatic carbocycles. The Bertz CT molecular complexity index is 782. The van der Waals surface area contributed by atoms with Crippen LogP contribution in [0.4, 0.5) is 5.69 Å². The summed E-state index contributed by atoms with van der Waals surface area (Å²) >= 11 is 0. The van der Waals surface area contributed by atoms with Crippen LogP contribution in [-0.4, -0.2) is 5.96 Å². The zero-order valence-electron chi connectivity index (χ0n) is 13.8. The summed E-state index contributed by atoms with van der Waals surface area (Å²) in [4.78, 5) is 4.51. The zero-order valence-corrected chi connectivity index (χ0v) is 13.8. The highest BCUT2D eigenvalue weighted by atomic mass is 16.5. The molecule has 0 amide bonds. The molecule has 0 spiro atoms. The van der Waals surface area contributed by atoms with Gasteiger partial charge in [-0.15, -0.1) is 0 Å². The molecule has 2 aromatic carbocycles. The van der Waals surface area contributed by atoms with E-state index < -0.39 is 0 Å². The van der Waals surface area contributed by atoms with Gasteiger partial charge in [0.05, 0.1) is 19.8 Å². The normalized spacial score (nSPS) is 16.6. The number of ether oxygens (including phenoxy) is 1. The fraction of sp³-hybridized carbons (Fsp3) is 0.350. The van der Waals surface area contributed by atoms with Crippen LogP contribution >= 0.6 is 0 Å². The molecule has 124 valence electrons. The molecule has 2 aromatic rings. The highest BCUT2D eigenvalue weighted by molar-refractivity contribution is 5.93. The first kappa shape index (κ1) is 15.2. The molecule has 4 nitrogen and oxygen atoms in total. The van der Waals surface area contributed by atoms with Crippen LogP contribution in [0, 0.1) is 0 Å². The highest BCUT2D eigenvalue weighted by Crippen LogP contribution is 2.27. The van der Waals surface area contributed by atoms with Gasteiger partial charge in [0.25, 0.3) is 0 Å². The molecule has 0 atom stereocenters. The summed E-state index contributed by atoms with van der Waals surface area (Å²) in [7, 11) is 0. The van der Waals surface area contributed by atoms with Gasteiger partial charge < -0.3 is 15.8 Å². The number of anilines is 1. The van der Waals surface area contributed by atoms with Gasteiger partial charge in [-0.25, -0.2) is 4.99 Å². The van der Waals surface area contributed by atoms with Crippen molar-refractivity contribution in [2.45, 2.75) is 45.4 Å². The SMILES string of the molecule is NC(=NCc1ccc2c(c1)COC2)Nc1cccc2c1CCCC2. The molecular weight excluding hydrogens is 298 g/mol. The summed E-state index contributed by atoms with van der Waals surface area (Å²) < 4.78 is 5.45. The number of nitrogens with zero attached hydrogens (tertiary/aromatic N) is 1. The Labute approximate surface area is 142 Å². The number of nitrogens with two attached hydrogens (primary N) is 1. The minimum Gasteiger partial charge on any atom is -0.372 e. The third-order valence-electron chi connectivity index (χ3n) is 4.88. The van der Waals surface area contributed by atoms with Crippen molar-refractivity contribution in [1.29, 1.82) is 0 Å². The predicted molar refractivity (Wildman–Crippen MR) is 97.0 cm³/mol. The van der Waals surface area contributed by atoms with E-state index >= 15 is 0 Å². The minimum absolute atomic E-state index is 0.478. The van der Waals surface area contributed by atoms with E-state index in [0.29, 0.717) is 19.1 Å². The van der Waals surface area contributed by atoms with Crippen molar-refractivity contribution in [1.82, 2.24) is 0 Å². The first-order valence-corrected chi connectivity index (χ1v) is 8.66. The lowest BCUT2D eigenvalue weighted by molar-refractivity contribution is 0.134. The molecular formula is C20H23N3O. The maximum atomic E-state index is 6.11. The molecule has 2 aliphatic rings. The number of aliphatic imine (C=N–C) groups is 1. The molecule has 0 aromatic heterocycles. The molecule has 0 fully saturated rings. The minimum atomic E-state index is 0.478. The Morgan fingerprint density at radius 3 is 2.88 bits per heavy atom. The highest BCUT2D eigenvalue weighted by Gasteiger charge is 2.13. The zero-order chi connectivity index (χ0) is 16.4. The fourth-order valence-corrected chi connectivity index (χ4v) is 3.58. The molecule has 0 unspecified atom stereocenters. The largest absolute Gasteiger partial charge is 0.372 e. The van der Waals surface area contributed by atoms with Gasteiger partial charge in [-0.1, -0.05) is 30.3 Å². The van der Waals surface area contributed by atoms with E-state index in [1.54, 1.807) is 0 Å². The summed E-state index contributed by atoms with van der Waals surface area (Å²) in [5, 5.41) is 3.30. The maximum Gasteiger partial charge on any atom is 0.193 e. The van der Waals surface area contributed by atoms with E-state index in [4.69, 9.17) is 10.5 Å². The van der Waals surface area contributed by atoms with Crippen molar-refractivity contribution in [2.24, 2.45) is 10.7 Å². The first-order valence-electron chi connectivity index (χ1n) is 8.66. The first-order chi connectivity index (χ1) is 11.8. The second-order valence-electron chi connectivity index (χ2n) is 6.57. The molecule has 0 saturated heterocycles. The van der Waals surface area contributed by atoms with E-state index in [-0.39, 0.29) is 0 Å². The van der Waals surface area contributed by atoms with Crippen LogP contribution < -0.4 is 11.1 Å². The third kappa shape index (κ3) is 3.15. The smallest absolute Gasteiger partial charge is 0.193 e. The standard InChI is InChI=1S/C20H23N3O/c21-20(22-11-14-8-9-16-12-24-13-17(16)10-14)23-19-7-3-5-15-4-1-2-6-18(15)19/h3,5,7-10H,1-2,4,6,11-13H2,(H3,21,22,23). The van der Waals surface area contributed by atoms with Crippen molar-refractivity contribution in [2.75, 3.05) is 5.32 Å². The van der Waals surface area contributed by atoms with Crippen LogP contribution in [0.3, 0.4) is 0 Å². The summed E-state index contributed by atoms with van der Waals surface area (Å²) in [6.45, 7) is 2.01. The summed E-state index contributed by atoms with van der Waals surface area (Å²) in [5.41, 5.74) is 13.8. The molecule has 24 heavy (non-hydrogen) atoms. The topological polar surface area (TPSA) is 59.6 Å². The second-order valence-corrected chi connectivity index (χ2v) is 6.57. The van der Waals surface area contributed by atoms with Crippen molar-refractivity contribution >= 4 is 11.6 Å². The van der Waals surface area contributed by atoms with Gasteiger partial charge in [-0.2, -0.15) is 0 Å². The van der Waals surface area contributed by atoms with Crippen molar-refractivity contribution < 1.29 is 4.74 Å². The number of fused-ring (bicyclic) bond motifs is 2. The number of guanidine groups is 1. The lowest BCUT2D eigenvalue weighted by atomic mass is 9.90. The number of hydrogen-bond donors (Lipinski definition) is 2. The average molecular weight is 321 g/mol. The van der Waals surface area contributed by atoms with Gasteiger partial charge in [0.15, 0.2) is 5.96 Å². The van der Waals surface area contributed by atoms with Crippen molar-refractivity contribution in [3.63, 3.8) is 0 Å². The molecule has 1 aliphatic heterocycles. The lowest BCUT2D eigenvalue weighted by Gasteiger charge is -2.19. The van der Waals surface area contributed by atoms with Gasteiger partial charge in [-0.05, 0) is 59.6 Å². The molecule has 3 N–H and O–H groups in total. The van der Waals surface area contributed by atoms with E-state index in [0.717, 1.165) is 18.7 Å². The number of hydrogen-bond acceptors (Lipinski definition) is 2. The molecule has 0 saturated carbocycles. The number of nitrogens with one attached hydrogen (secondary N) is 1.